The minimum absolute atomic E-state index is 1.04. The second kappa shape index (κ2) is 14.3. The topological polar surface area (TPSA) is 25.8 Å². The SMILES string of the molecule is c1cc[c]([Sn]([S]c2nnc([S][Sn]([c]3ccccc3)([c]3ccccc3)[c]3ccccc3)s2)([c]2ccccc2)[c]2ccccc2)cc1. The van der Waals surface area contributed by atoms with Crippen LogP contribution < -0.4 is 21.5 Å². The van der Waals surface area contributed by atoms with Crippen molar-refractivity contribution in [1.82, 2.24) is 10.2 Å². The van der Waals surface area contributed by atoms with Crippen LogP contribution in [-0.2, 0) is 0 Å². The first kappa shape index (κ1) is 30.8. The van der Waals surface area contributed by atoms with Crippen LogP contribution in [0.2, 0.25) is 0 Å². The quantitative estimate of drug-likeness (QED) is 0.157. The molecule has 0 amide bonds. The zero-order valence-electron chi connectivity index (χ0n) is 24.4. The summed E-state index contributed by atoms with van der Waals surface area (Å²) in [5, 5.41) is 9.88. The first-order valence-electron chi connectivity index (χ1n) is 14.8. The van der Waals surface area contributed by atoms with E-state index in [1.54, 1.807) is 11.3 Å². The predicted octanol–water partition coefficient (Wildman–Crippen LogP) is 6.06. The van der Waals surface area contributed by atoms with E-state index in [4.69, 9.17) is 10.2 Å². The molecule has 0 unspecified atom stereocenters. The average Bonchev–Trinajstić information content (AvgIpc) is 3.58. The summed E-state index contributed by atoms with van der Waals surface area (Å²) in [6, 6.07) is 66.7. The molecule has 0 aliphatic carbocycles. The number of rotatable bonds is 10. The normalized spacial score (nSPS) is 11.7. The maximum absolute atomic E-state index is 4.94. The van der Waals surface area contributed by atoms with Gasteiger partial charge in [0.2, 0.25) is 0 Å². The summed E-state index contributed by atoms with van der Waals surface area (Å²) in [7, 11) is 3.99. The molecule has 0 radical (unpaired) electrons. The van der Waals surface area contributed by atoms with Gasteiger partial charge in [-0.1, -0.05) is 0 Å². The summed E-state index contributed by atoms with van der Waals surface area (Å²) in [6.45, 7) is 0. The molecule has 7 aromatic rings. The van der Waals surface area contributed by atoms with Crippen molar-refractivity contribution in [3.05, 3.63) is 182 Å². The van der Waals surface area contributed by atoms with E-state index in [-0.39, 0.29) is 0 Å². The molecule has 6 aromatic carbocycles. The Labute approximate surface area is 282 Å². The number of aromatic nitrogens is 2. The van der Waals surface area contributed by atoms with Crippen molar-refractivity contribution in [3.63, 3.8) is 0 Å². The van der Waals surface area contributed by atoms with Crippen LogP contribution in [0.3, 0.4) is 0 Å². The van der Waals surface area contributed by atoms with E-state index in [2.05, 4.69) is 182 Å². The Kier molecular flexibility index (Phi) is 9.79. The molecule has 1 aromatic heterocycles. The number of hydrogen-bond acceptors (Lipinski definition) is 5. The molecule has 0 saturated carbocycles. The van der Waals surface area contributed by atoms with Crippen LogP contribution >= 0.6 is 29.2 Å². The van der Waals surface area contributed by atoms with E-state index in [1.165, 1.54) is 21.5 Å². The molecule has 0 fully saturated rings. The first-order chi connectivity index (χ1) is 22.3. The third kappa shape index (κ3) is 6.30. The summed E-state index contributed by atoms with van der Waals surface area (Å²) >= 11 is -5.50. The molecule has 0 N–H and O–H groups in total. The van der Waals surface area contributed by atoms with E-state index in [0.29, 0.717) is 0 Å². The molecule has 0 bridgehead atoms. The number of nitrogens with zero attached hydrogens (tertiary/aromatic N) is 2. The Hall–Kier alpha value is -2.82. The standard InChI is InChI=1S/6C6H5.C2H2N2S3.2Sn/c6*1-2-4-6-5-3-1;5-1-3-4-2(6)7-1;;/h6*1-5H;(H,3,5)(H,4,6);;/q;;;;;;;2*+1/p-2. The molecule has 218 valence electrons. The fourth-order valence-electron chi connectivity index (χ4n) is 5.93. The second-order valence-electron chi connectivity index (χ2n) is 10.6. The van der Waals surface area contributed by atoms with Crippen LogP contribution in [0.5, 0.6) is 0 Å². The molecular formula is C38H30N2S3Sn2. The third-order valence-electron chi connectivity index (χ3n) is 7.95. The summed E-state index contributed by atoms with van der Waals surface area (Å²) in [5.74, 6) is 0. The van der Waals surface area contributed by atoms with Crippen LogP contribution in [0.15, 0.2) is 191 Å². The molecule has 1 heterocycles. The van der Waals surface area contributed by atoms with Gasteiger partial charge in [-0.2, -0.15) is 0 Å². The van der Waals surface area contributed by atoms with Crippen molar-refractivity contribution < 1.29 is 0 Å². The van der Waals surface area contributed by atoms with Crippen LogP contribution in [0, 0.1) is 0 Å². The van der Waals surface area contributed by atoms with Crippen molar-refractivity contribution in [2.24, 2.45) is 0 Å². The Balaban J connectivity index is 1.37. The fraction of sp³-hybridized carbons (Fsp3) is 0. The van der Waals surface area contributed by atoms with E-state index < -0.39 is 34.0 Å². The molecule has 0 atom stereocenters. The van der Waals surface area contributed by atoms with Crippen LogP contribution in [0.4, 0.5) is 0 Å². The van der Waals surface area contributed by atoms with Gasteiger partial charge in [0.25, 0.3) is 0 Å². The molecule has 45 heavy (non-hydrogen) atoms. The number of hydrogen-bond donors (Lipinski definition) is 0. The van der Waals surface area contributed by atoms with Gasteiger partial charge in [0.05, 0.1) is 0 Å². The molecule has 7 rings (SSSR count). The first-order valence-corrected chi connectivity index (χ1v) is 32.8. The molecule has 0 aliphatic heterocycles. The maximum atomic E-state index is 4.94. The van der Waals surface area contributed by atoms with Crippen LogP contribution in [0.1, 0.15) is 0 Å². The summed E-state index contributed by atoms with van der Waals surface area (Å²) in [4.78, 5) is 0. The molecule has 0 saturated heterocycles. The zero-order chi connectivity index (χ0) is 30.4. The molecule has 2 nitrogen and oxygen atoms in total. The Bertz CT molecular complexity index is 1610. The zero-order valence-corrected chi connectivity index (χ0v) is 32.6. The van der Waals surface area contributed by atoms with Crippen molar-refractivity contribution in [2.75, 3.05) is 0 Å². The molecule has 0 aliphatic rings. The van der Waals surface area contributed by atoms with Gasteiger partial charge in [-0.3, -0.25) is 0 Å². The summed E-state index contributed by atoms with van der Waals surface area (Å²) < 4.78 is 10.6. The van der Waals surface area contributed by atoms with E-state index >= 15 is 0 Å². The van der Waals surface area contributed by atoms with Crippen LogP contribution in [-0.4, -0.2) is 44.2 Å². The van der Waals surface area contributed by atoms with Gasteiger partial charge in [0, 0.05) is 0 Å². The van der Waals surface area contributed by atoms with Gasteiger partial charge < -0.3 is 0 Å². The van der Waals surface area contributed by atoms with Gasteiger partial charge in [0.1, 0.15) is 0 Å². The Morgan fingerprint density at radius 1 is 0.311 bits per heavy atom. The van der Waals surface area contributed by atoms with Crippen molar-refractivity contribution in [1.29, 1.82) is 0 Å². The van der Waals surface area contributed by atoms with E-state index in [9.17, 15) is 0 Å². The van der Waals surface area contributed by atoms with Gasteiger partial charge in [0.15, 0.2) is 0 Å². The molecule has 0 spiro atoms. The van der Waals surface area contributed by atoms with E-state index in [0.717, 1.165) is 8.68 Å². The van der Waals surface area contributed by atoms with Gasteiger partial charge >= 0.3 is 286 Å². The van der Waals surface area contributed by atoms with Gasteiger partial charge in [-0.05, 0) is 0 Å². The predicted molar refractivity (Wildman–Crippen MR) is 200 cm³/mol. The van der Waals surface area contributed by atoms with Crippen molar-refractivity contribution >= 4 is 84.7 Å². The number of benzene rings is 6. The minimum atomic E-state index is -3.63. The van der Waals surface area contributed by atoms with Crippen molar-refractivity contribution in [3.8, 4) is 0 Å². The summed E-state index contributed by atoms with van der Waals surface area (Å²) in [6.07, 6.45) is 0. The fourth-order valence-corrected chi connectivity index (χ4v) is 49.5. The molecule has 7 heteroatoms. The van der Waals surface area contributed by atoms with Crippen LogP contribution in [0.25, 0.3) is 0 Å². The average molecular weight is 848 g/mol. The Morgan fingerprint density at radius 2 is 0.511 bits per heavy atom. The van der Waals surface area contributed by atoms with Gasteiger partial charge in [-0.25, -0.2) is 0 Å². The Morgan fingerprint density at radius 3 is 0.711 bits per heavy atom. The van der Waals surface area contributed by atoms with Crippen molar-refractivity contribution in [2.45, 2.75) is 8.68 Å². The summed E-state index contributed by atoms with van der Waals surface area (Å²) in [5.41, 5.74) is 0. The third-order valence-corrected chi connectivity index (χ3v) is 50.8. The second-order valence-corrected chi connectivity index (χ2v) is 42.6. The van der Waals surface area contributed by atoms with E-state index in [1.807, 2.05) is 17.9 Å². The monoisotopic (exact) mass is 850 g/mol. The molecular weight excluding hydrogens is 818 g/mol. The van der Waals surface area contributed by atoms with Gasteiger partial charge in [-0.15, -0.1) is 0 Å².